The first-order valence-electron chi connectivity index (χ1n) is 9.56. The van der Waals surface area contributed by atoms with Gasteiger partial charge in [-0.15, -0.1) is 11.8 Å². The Hall–Kier alpha value is -2.47. The zero-order valence-electron chi connectivity index (χ0n) is 16.0. The van der Waals surface area contributed by atoms with Gasteiger partial charge in [0, 0.05) is 40.0 Å². The molecular formula is C22H23FN2O2S. The summed E-state index contributed by atoms with van der Waals surface area (Å²) in [6, 6.07) is 13.1. The Morgan fingerprint density at radius 2 is 1.96 bits per heavy atom. The highest BCUT2D eigenvalue weighted by atomic mass is 32.2. The Bertz CT molecular complexity index is 1040. The van der Waals surface area contributed by atoms with Gasteiger partial charge < -0.3 is 14.6 Å². The van der Waals surface area contributed by atoms with Crippen LogP contribution in [0, 0.1) is 0 Å². The van der Waals surface area contributed by atoms with E-state index in [1.54, 1.807) is 12.1 Å². The number of alkyl halides is 1. The molecule has 3 aromatic rings. The highest BCUT2D eigenvalue weighted by Crippen LogP contribution is 2.53. The predicted octanol–water partition coefficient (Wildman–Crippen LogP) is 5.00. The second-order valence-corrected chi connectivity index (χ2v) is 7.96. The molecule has 1 amide bonds. The highest BCUT2D eigenvalue weighted by molar-refractivity contribution is 8.00. The predicted molar refractivity (Wildman–Crippen MR) is 112 cm³/mol. The zero-order chi connectivity index (χ0) is 19.8. The van der Waals surface area contributed by atoms with Crippen LogP contribution in [0.15, 0.2) is 47.4 Å². The number of amides is 1. The van der Waals surface area contributed by atoms with E-state index in [1.165, 1.54) is 11.8 Å². The smallest absolute Gasteiger partial charge is 0.240 e. The third kappa shape index (κ3) is 2.87. The van der Waals surface area contributed by atoms with E-state index in [1.807, 2.05) is 53.6 Å². The molecule has 1 N–H and O–H groups in total. The monoisotopic (exact) mass is 398 g/mol. The molecule has 0 spiro atoms. The standard InChI is InChI=1S/C22H23FN2O2S/c1-3-24(4-2)22(27)21-19-16-13-14(26)9-10-17(16)25(12-11-23)20(19)15-7-5-6-8-18(15)28-21/h5-10,13,21,26H,3-4,11-12H2,1-2H3. The number of aromatic hydroxyl groups is 1. The normalized spacial score (nSPS) is 15.3. The average molecular weight is 399 g/mol. The fourth-order valence-corrected chi connectivity index (χ4v) is 5.38. The first-order chi connectivity index (χ1) is 13.6. The molecule has 4 rings (SSSR count). The Morgan fingerprint density at radius 1 is 1.21 bits per heavy atom. The molecule has 1 aliphatic heterocycles. The molecule has 4 nitrogen and oxygen atoms in total. The van der Waals surface area contributed by atoms with Gasteiger partial charge in [0.25, 0.3) is 0 Å². The number of likely N-dealkylation sites (N-methyl/N-ethyl adjacent to an activating group) is 1. The Labute approximate surface area is 168 Å². The number of benzene rings is 2. The summed E-state index contributed by atoms with van der Waals surface area (Å²) in [7, 11) is 0. The number of phenolic OH excluding ortho intramolecular Hbond substituents is 1. The number of carbonyl (C=O) groups excluding carboxylic acids is 1. The quantitative estimate of drug-likeness (QED) is 0.658. The van der Waals surface area contributed by atoms with Crippen LogP contribution in [0.5, 0.6) is 5.75 Å². The van der Waals surface area contributed by atoms with Crippen LogP contribution in [0.4, 0.5) is 4.39 Å². The largest absolute Gasteiger partial charge is 0.508 e. The number of aromatic nitrogens is 1. The molecule has 0 radical (unpaired) electrons. The summed E-state index contributed by atoms with van der Waals surface area (Å²) < 4.78 is 15.4. The fourth-order valence-electron chi connectivity index (χ4n) is 4.07. The van der Waals surface area contributed by atoms with Crippen LogP contribution in [0.2, 0.25) is 0 Å². The summed E-state index contributed by atoms with van der Waals surface area (Å²) in [5.41, 5.74) is 3.61. The van der Waals surface area contributed by atoms with Gasteiger partial charge in [0.05, 0.1) is 12.2 Å². The van der Waals surface area contributed by atoms with E-state index >= 15 is 0 Å². The summed E-state index contributed by atoms with van der Waals surface area (Å²) in [6.45, 7) is 4.93. The molecular weight excluding hydrogens is 375 g/mol. The molecule has 1 atom stereocenters. The topological polar surface area (TPSA) is 45.5 Å². The fraction of sp³-hybridized carbons (Fsp3) is 0.318. The van der Waals surface area contributed by atoms with Crippen LogP contribution in [-0.2, 0) is 11.3 Å². The van der Waals surface area contributed by atoms with E-state index in [-0.39, 0.29) is 18.2 Å². The molecule has 146 valence electrons. The van der Waals surface area contributed by atoms with Crippen molar-refractivity contribution in [1.29, 1.82) is 0 Å². The van der Waals surface area contributed by atoms with Gasteiger partial charge in [0.1, 0.15) is 17.7 Å². The Balaban J connectivity index is 2.04. The number of halogens is 1. The van der Waals surface area contributed by atoms with Gasteiger partial charge in [-0.25, -0.2) is 4.39 Å². The van der Waals surface area contributed by atoms with Crippen molar-refractivity contribution in [2.75, 3.05) is 19.8 Å². The van der Waals surface area contributed by atoms with Gasteiger partial charge in [-0.3, -0.25) is 4.79 Å². The average Bonchev–Trinajstić information content (AvgIpc) is 3.02. The molecule has 6 heteroatoms. The number of phenols is 1. The molecule has 1 unspecified atom stereocenters. The van der Waals surface area contributed by atoms with Crippen LogP contribution < -0.4 is 0 Å². The van der Waals surface area contributed by atoms with Crippen LogP contribution >= 0.6 is 11.8 Å². The molecule has 2 heterocycles. The van der Waals surface area contributed by atoms with Gasteiger partial charge in [0.2, 0.25) is 5.91 Å². The zero-order valence-corrected chi connectivity index (χ0v) is 16.8. The lowest BCUT2D eigenvalue weighted by Gasteiger charge is -2.29. The van der Waals surface area contributed by atoms with Crippen molar-refractivity contribution in [1.82, 2.24) is 9.47 Å². The first-order valence-corrected chi connectivity index (χ1v) is 10.4. The van der Waals surface area contributed by atoms with E-state index in [2.05, 4.69) is 0 Å². The number of hydrogen-bond acceptors (Lipinski definition) is 3. The molecule has 1 aliphatic rings. The van der Waals surface area contributed by atoms with Gasteiger partial charge in [0.15, 0.2) is 0 Å². The van der Waals surface area contributed by atoms with Crippen molar-refractivity contribution in [2.45, 2.75) is 30.5 Å². The van der Waals surface area contributed by atoms with E-state index in [9.17, 15) is 14.3 Å². The third-order valence-electron chi connectivity index (χ3n) is 5.34. The van der Waals surface area contributed by atoms with Gasteiger partial charge >= 0.3 is 0 Å². The van der Waals surface area contributed by atoms with E-state index < -0.39 is 11.9 Å². The van der Waals surface area contributed by atoms with Crippen LogP contribution in [0.25, 0.3) is 22.2 Å². The Morgan fingerprint density at radius 3 is 2.68 bits per heavy atom. The minimum Gasteiger partial charge on any atom is -0.508 e. The van der Waals surface area contributed by atoms with Crippen LogP contribution in [0.1, 0.15) is 24.7 Å². The van der Waals surface area contributed by atoms with Crippen LogP contribution in [0.3, 0.4) is 0 Å². The highest BCUT2D eigenvalue weighted by Gasteiger charge is 2.37. The lowest BCUT2D eigenvalue weighted by Crippen LogP contribution is -2.34. The van der Waals surface area contributed by atoms with Crippen molar-refractivity contribution in [2.24, 2.45) is 0 Å². The molecule has 0 saturated heterocycles. The number of fused-ring (bicyclic) bond motifs is 5. The van der Waals surface area contributed by atoms with E-state index in [0.29, 0.717) is 13.1 Å². The molecule has 0 saturated carbocycles. The van der Waals surface area contributed by atoms with Crippen molar-refractivity contribution >= 4 is 28.6 Å². The maximum Gasteiger partial charge on any atom is 0.240 e. The minimum atomic E-state index is -0.499. The molecule has 28 heavy (non-hydrogen) atoms. The van der Waals surface area contributed by atoms with E-state index in [4.69, 9.17) is 0 Å². The summed E-state index contributed by atoms with van der Waals surface area (Å²) in [5, 5.41) is 10.5. The molecule has 0 fully saturated rings. The summed E-state index contributed by atoms with van der Waals surface area (Å²) in [6.07, 6.45) is 0. The maximum atomic E-state index is 13.5. The van der Waals surface area contributed by atoms with Gasteiger partial charge in [-0.1, -0.05) is 18.2 Å². The van der Waals surface area contributed by atoms with Crippen molar-refractivity contribution in [3.63, 3.8) is 0 Å². The van der Waals surface area contributed by atoms with E-state index in [0.717, 1.165) is 32.6 Å². The van der Waals surface area contributed by atoms with Crippen molar-refractivity contribution in [3.8, 4) is 17.0 Å². The second kappa shape index (κ2) is 7.51. The van der Waals surface area contributed by atoms with Gasteiger partial charge in [-0.2, -0.15) is 0 Å². The molecule has 0 aliphatic carbocycles. The Kier molecular flexibility index (Phi) is 5.06. The van der Waals surface area contributed by atoms with Crippen molar-refractivity contribution < 1.29 is 14.3 Å². The summed E-state index contributed by atoms with van der Waals surface area (Å²) in [5.74, 6) is 0.194. The molecule has 0 bridgehead atoms. The number of aryl methyl sites for hydroxylation is 1. The summed E-state index contributed by atoms with van der Waals surface area (Å²) in [4.78, 5) is 16.2. The number of rotatable bonds is 5. The number of nitrogens with zero attached hydrogens (tertiary/aromatic N) is 2. The number of carbonyl (C=O) groups is 1. The number of thioether (sulfide) groups is 1. The minimum absolute atomic E-state index is 0.0494. The summed E-state index contributed by atoms with van der Waals surface area (Å²) >= 11 is 1.54. The third-order valence-corrected chi connectivity index (χ3v) is 6.63. The molecule has 2 aromatic carbocycles. The number of hydrogen-bond donors (Lipinski definition) is 1. The lowest BCUT2D eigenvalue weighted by molar-refractivity contribution is -0.130. The SMILES string of the molecule is CCN(CC)C(=O)C1Sc2ccccc2-c2c1c1cc(O)ccc1n2CCF. The van der Waals surface area contributed by atoms with Crippen molar-refractivity contribution in [3.05, 3.63) is 48.0 Å². The maximum absolute atomic E-state index is 13.5. The van der Waals surface area contributed by atoms with Crippen LogP contribution in [-0.4, -0.2) is 40.2 Å². The second-order valence-electron chi connectivity index (χ2n) is 6.81. The molecule has 1 aromatic heterocycles. The van der Waals surface area contributed by atoms with Gasteiger partial charge in [-0.05, 0) is 38.1 Å². The lowest BCUT2D eigenvalue weighted by atomic mass is 10.0. The first kappa shape index (κ1) is 18.9.